The zero-order valence-corrected chi connectivity index (χ0v) is 17.5. The van der Waals surface area contributed by atoms with E-state index in [2.05, 4.69) is 5.32 Å². The first-order valence-corrected chi connectivity index (χ1v) is 10.00. The topological polar surface area (TPSA) is 189 Å². The zero-order chi connectivity index (χ0) is 24.3. The monoisotopic (exact) mass is 460 g/mol. The van der Waals surface area contributed by atoms with Crippen molar-refractivity contribution in [3.63, 3.8) is 0 Å². The number of rotatable bonds is 5. The maximum atomic E-state index is 12.8. The lowest BCUT2D eigenvalue weighted by molar-refractivity contribution is -0.147. The Morgan fingerprint density at radius 1 is 1.00 bits per heavy atom. The Kier molecular flexibility index (Phi) is 7.04. The molecule has 2 aromatic carbocycles. The van der Waals surface area contributed by atoms with Crippen molar-refractivity contribution in [2.24, 2.45) is 5.73 Å². The van der Waals surface area contributed by atoms with Crippen LogP contribution in [0.2, 0.25) is 0 Å². The molecular formula is C22H24N2O9. The number of primary amides is 1. The van der Waals surface area contributed by atoms with E-state index in [4.69, 9.17) is 15.2 Å². The van der Waals surface area contributed by atoms with Crippen molar-refractivity contribution in [1.29, 1.82) is 0 Å². The summed E-state index contributed by atoms with van der Waals surface area (Å²) in [6.07, 6.45) is -7.60. The maximum absolute atomic E-state index is 12.8. The van der Waals surface area contributed by atoms with Crippen LogP contribution < -0.4 is 11.1 Å². The standard InChI is InChI=1S/C22H24N2O9/c1-10-3-2-4-14(26)16(10)21(30)33-19-13(9-15(32-22(23)31)17(27)18(19)28)24-20(29)11-5-7-12(25)8-6-11/h2-8,13,15,17-19,25-28H,9H2,1H3,(H2,23,31)(H,24,29)/t13-,15+,17+,18-,19+/m0/s1. The highest BCUT2D eigenvalue weighted by Crippen LogP contribution is 2.29. The Morgan fingerprint density at radius 3 is 2.27 bits per heavy atom. The number of nitrogens with two attached hydrogens (primary N) is 1. The summed E-state index contributed by atoms with van der Waals surface area (Å²) in [6, 6.07) is 8.58. The van der Waals surface area contributed by atoms with E-state index in [1.165, 1.54) is 36.4 Å². The molecule has 0 aromatic heterocycles. The molecule has 1 saturated carbocycles. The van der Waals surface area contributed by atoms with Crippen molar-refractivity contribution in [2.45, 2.75) is 43.8 Å². The number of phenolic OH excluding ortho intramolecular Hbond substituents is 2. The van der Waals surface area contributed by atoms with Gasteiger partial charge in [-0.25, -0.2) is 9.59 Å². The Hall–Kier alpha value is -3.83. The van der Waals surface area contributed by atoms with Gasteiger partial charge in [0.25, 0.3) is 5.91 Å². The van der Waals surface area contributed by atoms with Crippen molar-refractivity contribution in [2.75, 3.05) is 0 Å². The number of aliphatic hydroxyl groups excluding tert-OH is 2. The minimum atomic E-state index is -1.76. The average molecular weight is 460 g/mol. The van der Waals surface area contributed by atoms with Crippen LogP contribution in [0.1, 0.15) is 32.7 Å². The van der Waals surface area contributed by atoms with Gasteiger partial charge in [-0.2, -0.15) is 0 Å². The number of ether oxygens (including phenoxy) is 2. The van der Waals surface area contributed by atoms with Crippen LogP contribution in [-0.4, -0.2) is 68.9 Å². The number of amides is 2. The van der Waals surface area contributed by atoms with Crippen molar-refractivity contribution < 1.29 is 44.3 Å². The minimum absolute atomic E-state index is 0.0532. The van der Waals surface area contributed by atoms with Crippen LogP contribution in [0, 0.1) is 6.92 Å². The number of carbonyl (C=O) groups is 3. The number of benzene rings is 2. The summed E-state index contributed by atoms with van der Waals surface area (Å²) >= 11 is 0. The number of hydrogen-bond donors (Lipinski definition) is 6. The van der Waals surface area contributed by atoms with Gasteiger partial charge in [0.2, 0.25) is 0 Å². The van der Waals surface area contributed by atoms with Crippen LogP contribution in [0.5, 0.6) is 11.5 Å². The van der Waals surface area contributed by atoms with Gasteiger partial charge in [-0.1, -0.05) is 12.1 Å². The molecule has 1 aliphatic carbocycles. The fraction of sp³-hybridized carbons (Fsp3) is 0.318. The molecule has 0 aliphatic heterocycles. The van der Waals surface area contributed by atoms with Gasteiger partial charge < -0.3 is 41.0 Å². The molecule has 1 fully saturated rings. The predicted molar refractivity (Wildman–Crippen MR) is 112 cm³/mol. The Labute approximate surface area is 188 Å². The fourth-order valence-corrected chi connectivity index (χ4v) is 3.70. The van der Waals surface area contributed by atoms with Gasteiger partial charge in [0.15, 0.2) is 6.10 Å². The average Bonchev–Trinajstić information content (AvgIpc) is 2.74. The second-order valence-electron chi connectivity index (χ2n) is 7.66. The second-order valence-corrected chi connectivity index (χ2v) is 7.66. The first-order chi connectivity index (χ1) is 15.6. The van der Waals surface area contributed by atoms with Gasteiger partial charge in [-0.05, 0) is 42.8 Å². The number of hydrogen-bond acceptors (Lipinski definition) is 9. The Morgan fingerprint density at radius 2 is 1.67 bits per heavy atom. The third-order valence-corrected chi connectivity index (χ3v) is 5.36. The molecule has 0 heterocycles. The van der Waals surface area contributed by atoms with E-state index in [1.54, 1.807) is 13.0 Å². The lowest BCUT2D eigenvalue weighted by atomic mass is 9.85. The van der Waals surface area contributed by atoms with Crippen LogP contribution >= 0.6 is 0 Å². The van der Waals surface area contributed by atoms with Crippen molar-refractivity contribution in [1.82, 2.24) is 5.32 Å². The van der Waals surface area contributed by atoms with Crippen molar-refractivity contribution in [3.05, 3.63) is 59.2 Å². The lowest BCUT2D eigenvalue weighted by Crippen LogP contribution is -2.63. The third-order valence-electron chi connectivity index (χ3n) is 5.36. The number of carbonyl (C=O) groups excluding carboxylic acids is 3. The number of aromatic hydroxyl groups is 2. The molecule has 1 aliphatic rings. The van der Waals surface area contributed by atoms with Crippen LogP contribution in [0.4, 0.5) is 4.79 Å². The van der Waals surface area contributed by atoms with E-state index in [9.17, 15) is 34.8 Å². The van der Waals surface area contributed by atoms with Gasteiger partial charge in [-0.3, -0.25) is 4.79 Å². The number of aryl methyl sites for hydroxylation is 1. The number of aliphatic hydroxyl groups is 2. The number of phenols is 2. The molecular weight excluding hydrogens is 436 g/mol. The van der Waals surface area contributed by atoms with Crippen LogP contribution in [0.15, 0.2) is 42.5 Å². The highest BCUT2D eigenvalue weighted by Gasteiger charge is 2.48. The molecule has 3 rings (SSSR count). The molecule has 176 valence electrons. The molecule has 0 bridgehead atoms. The Balaban J connectivity index is 1.88. The van der Waals surface area contributed by atoms with E-state index in [0.717, 1.165) is 0 Å². The molecule has 2 amide bonds. The smallest absolute Gasteiger partial charge is 0.404 e. The molecule has 0 unspecified atom stereocenters. The predicted octanol–water partition coefficient (Wildman–Crippen LogP) is 0.320. The summed E-state index contributed by atoms with van der Waals surface area (Å²) in [7, 11) is 0. The summed E-state index contributed by atoms with van der Waals surface area (Å²) < 4.78 is 10.3. The number of nitrogens with one attached hydrogen (secondary N) is 1. The Bertz CT molecular complexity index is 1020. The maximum Gasteiger partial charge on any atom is 0.404 e. The summed E-state index contributed by atoms with van der Waals surface area (Å²) in [6.45, 7) is 1.57. The van der Waals surface area contributed by atoms with Gasteiger partial charge in [0.05, 0.1) is 6.04 Å². The quantitative estimate of drug-likeness (QED) is 0.341. The molecule has 0 saturated heterocycles. The second kappa shape index (κ2) is 9.76. The molecule has 0 spiro atoms. The molecule has 11 nitrogen and oxygen atoms in total. The van der Waals surface area contributed by atoms with Crippen LogP contribution in [0.3, 0.4) is 0 Å². The van der Waals surface area contributed by atoms with E-state index in [1.807, 2.05) is 0 Å². The first kappa shape index (κ1) is 23.8. The normalized spacial score (nSPS) is 24.5. The molecule has 2 aromatic rings. The largest absolute Gasteiger partial charge is 0.508 e. The lowest BCUT2D eigenvalue weighted by Gasteiger charge is -2.41. The van der Waals surface area contributed by atoms with Gasteiger partial charge in [0, 0.05) is 12.0 Å². The summed E-state index contributed by atoms with van der Waals surface area (Å²) in [5.74, 6) is -2.02. The SMILES string of the molecule is Cc1cccc(O)c1C(=O)O[C@H]1[C@@H](O)[C@H](O)[C@H](OC(N)=O)C[C@@H]1NC(=O)c1ccc(O)cc1. The van der Waals surface area contributed by atoms with Gasteiger partial charge >= 0.3 is 12.1 Å². The van der Waals surface area contributed by atoms with Crippen molar-refractivity contribution in [3.8, 4) is 11.5 Å². The number of esters is 1. The van der Waals surface area contributed by atoms with Crippen LogP contribution in [0.25, 0.3) is 0 Å². The van der Waals surface area contributed by atoms with E-state index < -0.39 is 48.4 Å². The van der Waals surface area contributed by atoms with Gasteiger partial charge in [0.1, 0.15) is 35.4 Å². The highest BCUT2D eigenvalue weighted by atomic mass is 16.6. The van der Waals surface area contributed by atoms with Crippen LogP contribution in [-0.2, 0) is 9.47 Å². The minimum Gasteiger partial charge on any atom is -0.508 e. The molecule has 0 radical (unpaired) electrons. The first-order valence-electron chi connectivity index (χ1n) is 10.00. The molecule has 5 atom stereocenters. The summed E-state index contributed by atoms with van der Waals surface area (Å²) in [5.41, 5.74) is 5.45. The van der Waals surface area contributed by atoms with E-state index >= 15 is 0 Å². The third kappa shape index (κ3) is 5.33. The van der Waals surface area contributed by atoms with E-state index in [-0.39, 0.29) is 29.0 Å². The summed E-state index contributed by atoms with van der Waals surface area (Å²) in [5, 5.41) is 43.1. The summed E-state index contributed by atoms with van der Waals surface area (Å²) in [4.78, 5) is 36.7. The molecule has 33 heavy (non-hydrogen) atoms. The zero-order valence-electron chi connectivity index (χ0n) is 17.5. The molecule has 7 N–H and O–H groups in total. The van der Waals surface area contributed by atoms with Crippen molar-refractivity contribution >= 4 is 18.0 Å². The van der Waals surface area contributed by atoms with E-state index in [0.29, 0.717) is 5.56 Å². The molecule has 11 heteroatoms. The highest BCUT2D eigenvalue weighted by molar-refractivity contribution is 5.95. The fourth-order valence-electron chi connectivity index (χ4n) is 3.70. The van der Waals surface area contributed by atoms with Gasteiger partial charge in [-0.15, -0.1) is 0 Å².